The molecule has 1 heterocycles. The molecule has 1 saturated heterocycles. The summed E-state index contributed by atoms with van der Waals surface area (Å²) in [7, 11) is -3.52. The molecule has 0 atom stereocenters. The molecule has 7 heteroatoms. The molecule has 0 bridgehead atoms. The van der Waals surface area contributed by atoms with Crippen molar-refractivity contribution in [3.05, 3.63) is 23.3 Å². The first kappa shape index (κ1) is 16.2. The van der Waals surface area contributed by atoms with Gasteiger partial charge in [-0.1, -0.05) is 0 Å². The molecule has 0 radical (unpaired) electrons. The smallest absolute Gasteiger partial charge is 0.240 e. The van der Waals surface area contributed by atoms with Gasteiger partial charge in [-0.25, -0.2) is 13.1 Å². The molecule has 21 heavy (non-hydrogen) atoms. The monoisotopic (exact) mass is 313 g/mol. The minimum Gasteiger partial charge on any atom is -0.399 e. The molecule has 1 aliphatic heterocycles. The maximum Gasteiger partial charge on any atom is 0.240 e. The maximum absolute atomic E-state index is 12.4. The number of hydrogen-bond donors (Lipinski definition) is 2. The van der Waals surface area contributed by atoms with Crippen molar-refractivity contribution in [3.8, 4) is 0 Å². The summed E-state index contributed by atoms with van der Waals surface area (Å²) in [6, 6.07) is 3.29. The predicted molar refractivity (Wildman–Crippen MR) is 82.8 cm³/mol. The minimum atomic E-state index is -3.52. The number of nitrogens with zero attached hydrogens (tertiary/aromatic N) is 1. The lowest BCUT2D eigenvalue weighted by Gasteiger charge is -2.26. The summed E-state index contributed by atoms with van der Waals surface area (Å²) in [6.45, 7) is 7.83. The predicted octanol–water partition coefficient (Wildman–Crippen LogP) is 0.496. The van der Waals surface area contributed by atoms with Gasteiger partial charge in [-0.15, -0.1) is 0 Å². The quantitative estimate of drug-likeness (QED) is 0.773. The highest BCUT2D eigenvalue weighted by Crippen LogP contribution is 2.22. The standard InChI is InChI=1S/C14H23N3O3S/c1-11-9-13(15)10-14(12(11)2)21(18,19)16-3-4-17-5-7-20-8-6-17/h9-10,16H,3-8,15H2,1-2H3. The number of nitrogens with one attached hydrogen (secondary N) is 1. The first-order valence-corrected chi connectivity index (χ1v) is 8.55. The van der Waals surface area contributed by atoms with Crippen LogP contribution in [0.15, 0.2) is 17.0 Å². The fraction of sp³-hybridized carbons (Fsp3) is 0.571. The normalized spacial score (nSPS) is 17.0. The molecule has 0 spiro atoms. The first-order chi connectivity index (χ1) is 9.90. The van der Waals surface area contributed by atoms with Crippen LogP contribution in [0.4, 0.5) is 5.69 Å². The first-order valence-electron chi connectivity index (χ1n) is 7.06. The van der Waals surface area contributed by atoms with Crippen LogP contribution in [-0.4, -0.2) is 52.7 Å². The van der Waals surface area contributed by atoms with Crippen LogP contribution in [0.1, 0.15) is 11.1 Å². The molecular formula is C14H23N3O3S. The van der Waals surface area contributed by atoms with Crippen LogP contribution < -0.4 is 10.5 Å². The van der Waals surface area contributed by atoms with E-state index in [4.69, 9.17) is 10.5 Å². The second kappa shape index (κ2) is 6.74. The molecular weight excluding hydrogens is 290 g/mol. The topological polar surface area (TPSA) is 84.7 Å². The number of anilines is 1. The van der Waals surface area contributed by atoms with E-state index in [1.54, 1.807) is 13.0 Å². The minimum absolute atomic E-state index is 0.266. The Labute approximate surface area is 126 Å². The van der Waals surface area contributed by atoms with Gasteiger partial charge in [-0.2, -0.15) is 0 Å². The molecule has 6 nitrogen and oxygen atoms in total. The van der Waals surface area contributed by atoms with E-state index in [0.29, 0.717) is 32.0 Å². The molecule has 3 N–H and O–H groups in total. The molecule has 1 fully saturated rings. The second-order valence-electron chi connectivity index (χ2n) is 5.31. The lowest BCUT2D eigenvalue weighted by atomic mass is 10.1. The Balaban J connectivity index is 2.01. The van der Waals surface area contributed by atoms with Gasteiger partial charge in [0.25, 0.3) is 0 Å². The number of benzene rings is 1. The van der Waals surface area contributed by atoms with Gasteiger partial charge in [0.2, 0.25) is 10.0 Å². The molecule has 1 aromatic rings. The molecule has 0 saturated carbocycles. The van der Waals surface area contributed by atoms with Crippen molar-refractivity contribution in [2.24, 2.45) is 0 Å². The van der Waals surface area contributed by atoms with Crippen LogP contribution in [0, 0.1) is 13.8 Å². The third-order valence-electron chi connectivity index (χ3n) is 3.76. The summed E-state index contributed by atoms with van der Waals surface area (Å²) in [5.74, 6) is 0. The van der Waals surface area contributed by atoms with Crippen molar-refractivity contribution >= 4 is 15.7 Å². The van der Waals surface area contributed by atoms with Crippen LogP contribution in [-0.2, 0) is 14.8 Å². The zero-order chi connectivity index (χ0) is 15.5. The SMILES string of the molecule is Cc1cc(N)cc(S(=O)(=O)NCCN2CCOCC2)c1C. The molecule has 0 aliphatic carbocycles. The van der Waals surface area contributed by atoms with Gasteiger partial charge in [-0.05, 0) is 37.1 Å². The molecule has 1 aliphatic rings. The number of ether oxygens (including phenoxy) is 1. The Hall–Kier alpha value is -1.15. The lowest BCUT2D eigenvalue weighted by Crippen LogP contribution is -2.41. The van der Waals surface area contributed by atoms with Crippen LogP contribution >= 0.6 is 0 Å². The second-order valence-corrected chi connectivity index (χ2v) is 7.05. The van der Waals surface area contributed by atoms with E-state index in [1.165, 1.54) is 6.07 Å². The Bertz CT molecular complexity index is 596. The Morgan fingerprint density at radius 1 is 1.29 bits per heavy atom. The summed E-state index contributed by atoms with van der Waals surface area (Å²) < 4.78 is 32.7. The molecule has 1 aromatic carbocycles. The van der Waals surface area contributed by atoms with E-state index in [0.717, 1.165) is 24.2 Å². The molecule has 2 rings (SSSR count). The van der Waals surface area contributed by atoms with Crippen molar-refractivity contribution < 1.29 is 13.2 Å². The van der Waals surface area contributed by atoms with Gasteiger partial charge < -0.3 is 10.5 Å². The molecule has 0 amide bonds. The van der Waals surface area contributed by atoms with Crippen LogP contribution in [0.2, 0.25) is 0 Å². The number of aryl methyl sites for hydroxylation is 1. The van der Waals surface area contributed by atoms with Crippen LogP contribution in [0.25, 0.3) is 0 Å². The Morgan fingerprint density at radius 2 is 1.95 bits per heavy atom. The number of morpholine rings is 1. The van der Waals surface area contributed by atoms with Crippen molar-refractivity contribution in [1.29, 1.82) is 0 Å². The van der Waals surface area contributed by atoms with E-state index < -0.39 is 10.0 Å². The van der Waals surface area contributed by atoms with Crippen molar-refractivity contribution in [1.82, 2.24) is 9.62 Å². The zero-order valence-corrected chi connectivity index (χ0v) is 13.4. The molecule has 118 valence electrons. The van der Waals surface area contributed by atoms with E-state index in [9.17, 15) is 8.42 Å². The highest BCUT2D eigenvalue weighted by molar-refractivity contribution is 7.89. The van der Waals surface area contributed by atoms with Gasteiger partial charge in [-0.3, -0.25) is 4.90 Å². The fourth-order valence-electron chi connectivity index (χ4n) is 2.37. The van der Waals surface area contributed by atoms with Crippen LogP contribution in [0.3, 0.4) is 0 Å². The summed E-state index contributed by atoms with van der Waals surface area (Å²) in [5, 5.41) is 0. The van der Waals surface area contributed by atoms with Gasteiger partial charge in [0.05, 0.1) is 18.1 Å². The van der Waals surface area contributed by atoms with E-state index in [2.05, 4.69) is 9.62 Å². The lowest BCUT2D eigenvalue weighted by molar-refractivity contribution is 0.0390. The summed E-state index contributed by atoms with van der Waals surface area (Å²) in [5.41, 5.74) is 7.84. The number of sulfonamides is 1. The summed E-state index contributed by atoms with van der Waals surface area (Å²) >= 11 is 0. The summed E-state index contributed by atoms with van der Waals surface area (Å²) in [6.07, 6.45) is 0. The van der Waals surface area contributed by atoms with E-state index in [-0.39, 0.29) is 4.90 Å². The molecule has 0 unspecified atom stereocenters. The van der Waals surface area contributed by atoms with Gasteiger partial charge >= 0.3 is 0 Å². The number of nitrogen functional groups attached to an aromatic ring is 1. The van der Waals surface area contributed by atoms with Crippen LogP contribution in [0.5, 0.6) is 0 Å². The number of hydrogen-bond acceptors (Lipinski definition) is 5. The number of nitrogens with two attached hydrogens (primary N) is 1. The van der Waals surface area contributed by atoms with Crippen molar-refractivity contribution in [2.45, 2.75) is 18.7 Å². The zero-order valence-electron chi connectivity index (χ0n) is 12.6. The number of rotatable bonds is 5. The third kappa shape index (κ3) is 4.16. The van der Waals surface area contributed by atoms with Crippen molar-refractivity contribution in [3.63, 3.8) is 0 Å². The van der Waals surface area contributed by atoms with E-state index >= 15 is 0 Å². The average Bonchev–Trinajstić information content (AvgIpc) is 2.43. The fourth-order valence-corrected chi connectivity index (χ4v) is 3.74. The van der Waals surface area contributed by atoms with Crippen molar-refractivity contribution in [2.75, 3.05) is 45.1 Å². The van der Waals surface area contributed by atoms with E-state index in [1.807, 2.05) is 6.92 Å². The Kier molecular flexibility index (Phi) is 5.21. The Morgan fingerprint density at radius 3 is 2.62 bits per heavy atom. The largest absolute Gasteiger partial charge is 0.399 e. The third-order valence-corrected chi connectivity index (χ3v) is 5.34. The van der Waals surface area contributed by atoms with Gasteiger partial charge in [0.15, 0.2) is 0 Å². The summed E-state index contributed by atoms with van der Waals surface area (Å²) in [4.78, 5) is 2.45. The van der Waals surface area contributed by atoms with Gasteiger partial charge in [0.1, 0.15) is 0 Å². The molecule has 0 aromatic heterocycles. The highest BCUT2D eigenvalue weighted by Gasteiger charge is 2.19. The average molecular weight is 313 g/mol. The highest BCUT2D eigenvalue weighted by atomic mass is 32.2. The van der Waals surface area contributed by atoms with Gasteiger partial charge in [0, 0.05) is 31.9 Å². The maximum atomic E-state index is 12.4.